The Balaban J connectivity index is 2.24. The van der Waals surface area contributed by atoms with E-state index in [0.717, 1.165) is 6.42 Å². The van der Waals surface area contributed by atoms with Gasteiger partial charge in [0.05, 0.1) is 12.7 Å². The van der Waals surface area contributed by atoms with E-state index in [-0.39, 0.29) is 23.1 Å². The number of benzene rings is 1. The number of rotatable bonds is 3. The number of phenolic OH excluding ortho intramolecular Hbond substituents is 1. The van der Waals surface area contributed by atoms with E-state index in [0.29, 0.717) is 18.7 Å². The normalized spacial score (nSPS) is 17.9. The first-order valence-corrected chi connectivity index (χ1v) is 6.48. The van der Waals surface area contributed by atoms with Gasteiger partial charge in [-0.15, -0.1) is 0 Å². The van der Waals surface area contributed by atoms with Gasteiger partial charge in [-0.25, -0.2) is 0 Å². The molecular formula is C14H18N2O4. The highest BCUT2D eigenvalue weighted by Crippen LogP contribution is 2.27. The number of amides is 2. The lowest BCUT2D eigenvalue weighted by Gasteiger charge is -2.23. The first-order valence-electron chi connectivity index (χ1n) is 6.48. The van der Waals surface area contributed by atoms with Crippen LogP contribution in [-0.2, 0) is 4.79 Å². The molecule has 0 aromatic heterocycles. The molecule has 1 aromatic rings. The standard InChI is InChI=1S/C14H18N2O4/c1-15-13(18)11-4-3-7-16(11)14(19)10-6-5-9(20-2)8-12(10)17/h5-6,8,11,17H,3-4,7H2,1-2H3,(H,15,18). The zero-order chi connectivity index (χ0) is 14.7. The number of nitrogens with zero attached hydrogens (tertiary/aromatic N) is 1. The maximum Gasteiger partial charge on any atom is 0.258 e. The van der Waals surface area contributed by atoms with E-state index >= 15 is 0 Å². The minimum atomic E-state index is -0.464. The fraction of sp³-hybridized carbons (Fsp3) is 0.429. The van der Waals surface area contributed by atoms with Crippen LogP contribution in [0.15, 0.2) is 18.2 Å². The number of carbonyl (C=O) groups is 2. The Hall–Kier alpha value is -2.24. The highest BCUT2D eigenvalue weighted by molar-refractivity contribution is 6.00. The van der Waals surface area contributed by atoms with Gasteiger partial charge in [0.15, 0.2) is 0 Å². The summed E-state index contributed by atoms with van der Waals surface area (Å²) in [6.07, 6.45) is 1.42. The summed E-state index contributed by atoms with van der Waals surface area (Å²) in [5.74, 6) is -0.180. The quantitative estimate of drug-likeness (QED) is 0.855. The first kappa shape index (κ1) is 14.2. The van der Waals surface area contributed by atoms with Crippen molar-refractivity contribution in [1.82, 2.24) is 10.2 Å². The van der Waals surface area contributed by atoms with Crippen LogP contribution >= 0.6 is 0 Å². The molecule has 1 aliphatic heterocycles. The fourth-order valence-corrected chi connectivity index (χ4v) is 2.42. The third-order valence-corrected chi connectivity index (χ3v) is 3.50. The predicted molar refractivity (Wildman–Crippen MR) is 72.8 cm³/mol. The van der Waals surface area contributed by atoms with Gasteiger partial charge in [-0.2, -0.15) is 0 Å². The highest BCUT2D eigenvalue weighted by atomic mass is 16.5. The molecule has 6 nitrogen and oxygen atoms in total. The van der Waals surface area contributed by atoms with Crippen molar-refractivity contribution in [1.29, 1.82) is 0 Å². The van der Waals surface area contributed by atoms with Crippen molar-refractivity contribution in [3.8, 4) is 11.5 Å². The van der Waals surface area contributed by atoms with Gasteiger partial charge in [0.25, 0.3) is 5.91 Å². The molecule has 0 aliphatic carbocycles. The van der Waals surface area contributed by atoms with E-state index in [1.807, 2.05) is 0 Å². The average molecular weight is 278 g/mol. The molecular weight excluding hydrogens is 260 g/mol. The third-order valence-electron chi connectivity index (χ3n) is 3.50. The summed E-state index contributed by atoms with van der Waals surface area (Å²) >= 11 is 0. The summed E-state index contributed by atoms with van der Waals surface area (Å²) in [5.41, 5.74) is 0.182. The monoisotopic (exact) mass is 278 g/mol. The molecule has 20 heavy (non-hydrogen) atoms. The molecule has 1 heterocycles. The summed E-state index contributed by atoms with van der Waals surface area (Å²) in [5, 5.41) is 12.5. The largest absolute Gasteiger partial charge is 0.507 e. The number of nitrogens with one attached hydrogen (secondary N) is 1. The summed E-state index contributed by atoms with van der Waals surface area (Å²) in [4.78, 5) is 25.7. The minimum absolute atomic E-state index is 0.142. The number of phenols is 1. The fourth-order valence-electron chi connectivity index (χ4n) is 2.42. The second-order valence-corrected chi connectivity index (χ2v) is 4.65. The topological polar surface area (TPSA) is 78.9 Å². The second kappa shape index (κ2) is 5.81. The molecule has 1 aromatic carbocycles. The Kier molecular flexibility index (Phi) is 4.12. The number of aromatic hydroxyl groups is 1. The van der Waals surface area contributed by atoms with Gasteiger partial charge in [0, 0.05) is 19.7 Å². The summed E-state index contributed by atoms with van der Waals surface area (Å²) < 4.78 is 4.98. The minimum Gasteiger partial charge on any atom is -0.507 e. The molecule has 1 unspecified atom stereocenters. The summed E-state index contributed by atoms with van der Waals surface area (Å²) in [6, 6.07) is 4.04. The van der Waals surface area contributed by atoms with Gasteiger partial charge >= 0.3 is 0 Å². The molecule has 1 atom stereocenters. The molecule has 1 saturated heterocycles. The van der Waals surface area contributed by atoms with E-state index in [1.54, 1.807) is 13.1 Å². The van der Waals surface area contributed by atoms with Gasteiger partial charge in [0.2, 0.25) is 5.91 Å². The van der Waals surface area contributed by atoms with E-state index in [9.17, 15) is 14.7 Å². The summed E-state index contributed by atoms with van der Waals surface area (Å²) in [6.45, 7) is 0.516. The van der Waals surface area contributed by atoms with Gasteiger partial charge in [-0.1, -0.05) is 0 Å². The number of likely N-dealkylation sites (tertiary alicyclic amines) is 1. The van der Waals surface area contributed by atoms with Crippen molar-refractivity contribution in [2.75, 3.05) is 20.7 Å². The molecule has 0 saturated carbocycles. The molecule has 1 fully saturated rings. The Morgan fingerprint density at radius 3 is 2.80 bits per heavy atom. The van der Waals surface area contributed by atoms with Crippen LogP contribution in [0.4, 0.5) is 0 Å². The third kappa shape index (κ3) is 2.54. The molecule has 108 valence electrons. The van der Waals surface area contributed by atoms with Gasteiger partial charge in [0.1, 0.15) is 17.5 Å². The van der Waals surface area contributed by atoms with Crippen molar-refractivity contribution >= 4 is 11.8 Å². The van der Waals surface area contributed by atoms with Crippen molar-refractivity contribution < 1.29 is 19.4 Å². The Bertz CT molecular complexity index is 530. The van der Waals surface area contributed by atoms with Crippen molar-refractivity contribution in [2.24, 2.45) is 0 Å². The molecule has 2 amide bonds. The lowest BCUT2D eigenvalue weighted by molar-refractivity contribution is -0.124. The van der Waals surface area contributed by atoms with Crippen molar-refractivity contribution in [3.05, 3.63) is 23.8 Å². The maximum atomic E-state index is 12.4. The van der Waals surface area contributed by atoms with Crippen LogP contribution in [0, 0.1) is 0 Å². The number of carbonyl (C=O) groups excluding carboxylic acids is 2. The van der Waals surface area contributed by atoms with Gasteiger partial charge in [-0.3, -0.25) is 9.59 Å². The predicted octanol–water partition coefficient (Wildman–Crippen LogP) is 0.751. The highest BCUT2D eigenvalue weighted by Gasteiger charge is 2.34. The second-order valence-electron chi connectivity index (χ2n) is 4.65. The maximum absolute atomic E-state index is 12.4. The molecule has 2 N–H and O–H groups in total. The van der Waals surface area contributed by atoms with Crippen molar-refractivity contribution in [3.63, 3.8) is 0 Å². The smallest absolute Gasteiger partial charge is 0.258 e. The van der Waals surface area contributed by atoms with Crippen LogP contribution in [0.5, 0.6) is 11.5 Å². The van der Waals surface area contributed by atoms with E-state index < -0.39 is 6.04 Å². The molecule has 0 spiro atoms. The Morgan fingerprint density at radius 1 is 1.45 bits per heavy atom. The van der Waals surface area contributed by atoms with Crippen LogP contribution in [0.2, 0.25) is 0 Å². The zero-order valence-corrected chi connectivity index (χ0v) is 11.5. The zero-order valence-electron chi connectivity index (χ0n) is 11.5. The van der Waals surface area contributed by atoms with E-state index in [4.69, 9.17) is 4.74 Å². The number of likely N-dealkylation sites (N-methyl/N-ethyl adjacent to an activating group) is 1. The lowest BCUT2D eigenvalue weighted by Crippen LogP contribution is -2.44. The Labute approximate surface area is 117 Å². The van der Waals surface area contributed by atoms with Gasteiger partial charge < -0.3 is 20.1 Å². The van der Waals surface area contributed by atoms with Crippen LogP contribution in [0.3, 0.4) is 0 Å². The van der Waals surface area contributed by atoms with Crippen LogP contribution in [0.25, 0.3) is 0 Å². The van der Waals surface area contributed by atoms with Crippen molar-refractivity contribution in [2.45, 2.75) is 18.9 Å². The van der Waals surface area contributed by atoms with E-state index in [1.165, 1.54) is 24.1 Å². The van der Waals surface area contributed by atoms with E-state index in [2.05, 4.69) is 5.32 Å². The molecule has 6 heteroatoms. The Morgan fingerprint density at radius 2 is 2.20 bits per heavy atom. The SMILES string of the molecule is CNC(=O)C1CCCN1C(=O)c1ccc(OC)cc1O. The number of hydrogen-bond donors (Lipinski definition) is 2. The number of ether oxygens (including phenoxy) is 1. The van der Waals surface area contributed by atoms with Gasteiger partial charge in [-0.05, 0) is 25.0 Å². The number of methoxy groups -OCH3 is 1. The van der Waals surface area contributed by atoms with Crippen LogP contribution in [-0.4, -0.2) is 48.6 Å². The average Bonchev–Trinajstić information content (AvgIpc) is 2.94. The molecule has 2 rings (SSSR count). The summed E-state index contributed by atoms with van der Waals surface area (Å²) in [7, 11) is 3.03. The molecule has 0 radical (unpaired) electrons. The van der Waals surface area contributed by atoms with Crippen LogP contribution < -0.4 is 10.1 Å². The first-order chi connectivity index (χ1) is 9.58. The molecule has 0 bridgehead atoms. The number of hydrogen-bond acceptors (Lipinski definition) is 4. The lowest BCUT2D eigenvalue weighted by atomic mass is 10.1. The van der Waals surface area contributed by atoms with Crippen LogP contribution in [0.1, 0.15) is 23.2 Å². The molecule has 1 aliphatic rings.